The number of rotatable bonds is 12. The fourth-order valence-corrected chi connectivity index (χ4v) is 5.90. The predicted molar refractivity (Wildman–Crippen MR) is 191 cm³/mol. The first-order valence-corrected chi connectivity index (χ1v) is 16.5. The van der Waals surface area contributed by atoms with Crippen LogP contribution in [0, 0.1) is 5.92 Å². The second kappa shape index (κ2) is 15.1. The van der Waals surface area contributed by atoms with Crippen molar-refractivity contribution < 1.29 is 9.53 Å². The van der Waals surface area contributed by atoms with Crippen LogP contribution in [0.2, 0.25) is 0 Å². The number of anilines is 2. The van der Waals surface area contributed by atoms with Crippen molar-refractivity contribution in [3.63, 3.8) is 0 Å². The summed E-state index contributed by atoms with van der Waals surface area (Å²) >= 11 is 0. The zero-order chi connectivity index (χ0) is 33.5. The highest BCUT2D eigenvalue weighted by Crippen LogP contribution is 2.36. The number of hydrogen-bond donors (Lipinski definition) is 2. The fourth-order valence-electron chi connectivity index (χ4n) is 5.90. The molecule has 0 fully saturated rings. The number of carbonyl (C=O) groups is 1. The van der Waals surface area contributed by atoms with Crippen molar-refractivity contribution in [3.8, 4) is 16.9 Å². The van der Waals surface area contributed by atoms with Crippen molar-refractivity contribution in [1.29, 1.82) is 0 Å². The average molecular weight is 632 g/mol. The van der Waals surface area contributed by atoms with Gasteiger partial charge in [0.15, 0.2) is 0 Å². The van der Waals surface area contributed by atoms with Crippen molar-refractivity contribution in [2.24, 2.45) is 5.92 Å². The number of benzene rings is 2. The minimum atomic E-state index is -0.472. The minimum absolute atomic E-state index is 0.194. The summed E-state index contributed by atoms with van der Waals surface area (Å²) in [7, 11) is 0. The van der Waals surface area contributed by atoms with Gasteiger partial charge in [0.2, 0.25) is 0 Å². The molecule has 3 aromatic heterocycles. The summed E-state index contributed by atoms with van der Waals surface area (Å²) in [6.07, 6.45) is 6.95. The van der Waals surface area contributed by atoms with Crippen LogP contribution in [0.1, 0.15) is 82.9 Å². The van der Waals surface area contributed by atoms with Gasteiger partial charge in [0.05, 0.1) is 0 Å². The Labute approximate surface area is 277 Å². The molecule has 2 aromatic carbocycles. The van der Waals surface area contributed by atoms with Crippen molar-refractivity contribution >= 4 is 28.4 Å². The molecule has 8 heteroatoms. The zero-order valence-electron chi connectivity index (χ0n) is 28.2. The molecule has 5 rings (SSSR count). The first kappa shape index (κ1) is 33.4. The van der Waals surface area contributed by atoms with Crippen LogP contribution in [0.4, 0.5) is 16.2 Å². The van der Waals surface area contributed by atoms with Crippen LogP contribution in [0.3, 0.4) is 0 Å². The molecular formula is C39H45N5O3. The molecule has 2 amide bonds. The molecule has 0 unspecified atom stereocenters. The topological polar surface area (TPSA) is 98.1 Å². The Morgan fingerprint density at radius 3 is 2.19 bits per heavy atom. The summed E-state index contributed by atoms with van der Waals surface area (Å²) in [6, 6.07) is 20.9. The van der Waals surface area contributed by atoms with E-state index in [1.807, 2.05) is 66.7 Å². The van der Waals surface area contributed by atoms with Gasteiger partial charge in [0.25, 0.3) is 5.56 Å². The van der Waals surface area contributed by atoms with Crippen LogP contribution < -0.4 is 20.9 Å². The number of ether oxygens (including phenoxy) is 1. The maximum atomic E-state index is 14.4. The van der Waals surface area contributed by atoms with Gasteiger partial charge in [0, 0.05) is 41.8 Å². The number of para-hydroxylation sites is 1. The van der Waals surface area contributed by atoms with Crippen LogP contribution in [-0.2, 0) is 13.2 Å². The lowest BCUT2D eigenvalue weighted by molar-refractivity contribution is 0.262. The smallest absolute Gasteiger partial charge is 0.323 e. The summed E-state index contributed by atoms with van der Waals surface area (Å²) in [5.74, 6) is 1.53. The van der Waals surface area contributed by atoms with Gasteiger partial charge in [-0.3, -0.25) is 14.3 Å². The molecule has 244 valence electrons. The summed E-state index contributed by atoms with van der Waals surface area (Å²) in [6.45, 7) is 13.6. The SMILES string of the molecule is CC(C)CCCn1c(=O)c(NC(=O)Nc2c(C(C)C)cccc2C(C)C)c(-c2cccc(OCc3ccncc3)c2)c2cccnc21. The highest BCUT2D eigenvalue weighted by Gasteiger charge is 2.23. The third-order valence-electron chi connectivity index (χ3n) is 8.31. The largest absolute Gasteiger partial charge is 0.489 e. The number of carbonyl (C=O) groups excluding carboxylic acids is 1. The molecule has 0 saturated carbocycles. The van der Waals surface area contributed by atoms with Gasteiger partial charge in [-0.05, 0) is 89.2 Å². The first-order chi connectivity index (χ1) is 22.6. The van der Waals surface area contributed by atoms with E-state index in [2.05, 4.69) is 62.1 Å². The molecule has 8 nitrogen and oxygen atoms in total. The van der Waals surface area contributed by atoms with E-state index in [9.17, 15) is 9.59 Å². The molecule has 0 bridgehead atoms. The number of pyridine rings is 3. The molecule has 3 heterocycles. The molecule has 0 aliphatic heterocycles. The maximum absolute atomic E-state index is 14.4. The molecule has 0 aliphatic carbocycles. The van der Waals surface area contributed by atoms with E-state index >= 15 is 0 Å². The number of aromatic nitrogens is 3. The number of fused-ring (bicyclic) bond motifs is 1. The Kier molecular flexibility index (Phi) is 10.7. The number of hydrogen-bond acceptors (Lipinski definition) is 5. The monoisotopic (exact) mass is 631 g/mol. The Bertz CT molecular complexity index is 1870. The Morgan fingerprint density at radius 2 is 1.51 bits per heavy atom. The quantitative estimate of drug-likeness (QED) is 0.143. The molecule has 47 heavy (non-hydrogen) atoms. The lowest BCUT2D eigenvalue weighted by atomic mass is 9.93. The lowest BCUT2D eigenvalue weighted by Crippen LogP contribution is -2.30. The molecule has 0 atom stereocenters. The van der Waals surface area contributed by atoms with Crippen LogP contribution in [-0.4, -0.2) is 20.6 Å². The second-order valence-electron chi connectivity index (χ2n) is 13.0. The predicted octanol–water partition coefficient (Wildman–Crippen LogP) is 9.36. The first-order valence-electron chi connectivity index (χ1n) is 16.5. The van der Waals surface area contributed by atoms with E-state index in [0.717, 1.165) is 46.2 Å². The van der Waals surface area contributed by atoms with Gasteiger partial charge in [-0.1, -0.05) is 71.9 Å². The molecule has 0 aliphatic rings. The van der Waals surface area contributed by atoms with E-state index in [0.29, 0.717) is 36.0 Å². The summed E-state index contributed by atoms with van der Waals surface area (Å²) in [5.41, 5.74) is 5.68. The van der Waals surface area contributed by atoms with Crippen molar-refractivity contribution in [2.75, 3.05) is 10.6 Å². The van der Waals surface area contributed by atoms with Gasteiger partial charge in [-0.2, -0.15) is 0 Å². The summed E-state index contributed by atoms with van der Waals surface area (Å²) < 4.78 is 7.84. The van der Waals surface area contributed by atoms with Gasteiger partial charge in [-0.15, -0.1) is 0 Å². The van der Waals surface area contributed by atoms with Crippen LogP contribution in [0.15, 0.2) is 90.1 Å². The number of nitrogens with one attached hydrogen (secondary N) is 2. The third-order valence-corrected chi connectivity index (χ3v) is 8.31. The Hall–Kier alpha value is -4.98. The number of nitrogens with zero attached hydrogens (tertiary/aromatic N) is 3. The van der Waals surface area contributed by atoms with Crippen molar-refractivity contribution in [3.05, 3.63) is 112 Å². The van der Waals surface area contributed by atoms with Crippen LogP contribution >= 0.6 is 0 Å². The number of amides is 2. The molecule has 0 radical (unpaired) electrons. The molecule has 2 N–H and O–H groups in total. The average Bonchev–Trinajstić information content (AvgIpc) is 3.05. The second-order valence-corrected chi connectivity index (χ2v) is 13.0. The van der Waals surface area contributed by atoms with Gasteiger partial charge >= 0.3 is 6.03 Å². The van der Waals surface area contributed by atoms with E-state index in [1.54, 1.807) is 23.2 Å². The maximum Gasteiger partial charge on any atom is 0.323 e. The van der Waals surface area contributed by atoms with Crippen LogP contribution in [0.25, 0.3) is 22.2 Å². The third kappa shape index (κ3) is 7.88. The standard InChI is InChI=1S/C39H45N5O3/c1-25(2)11-10-22-44-37-33(16-9-19-41-37)34(29-12-7-13-30(23-29)47-24-28-17-20-40-21-18-28)36(38(44)45)43-39(46)42-35-31(26(3)4)14-8-15-32(35)27(5)6/h7-9,12-21,23,25-27H,10-11,22,24H2,1-6H3,(H2,42,43,46). The van der Waals surface area contributed by atoms with Crippen molar-refractivity contribution in [2.45, 2.75) is 79.4 Å². The summed E-state index contributed by atoms with van der Waals surface area (Å²) in [4.78, 5) is 37.1. The normalized spacial score (nSPS) is 11.4. The van der Waals surface area contributed by atoms with Gasteiger partial charge in [0.1, 0.15) is 23.7 Å². The molecular weight excluding hydrogens is 586 g/mol. The highest BCUT2D eigenvalue weighted by molar-refractivity contribution is 6.07. The van der Waals surface area contributed by atoms with E-state index < -0.39 is 6.03 Å². The number of urea groups is 1. The molecule has 5 aromatic rings. The lowest BCUT2D eigenvalue weighted by Gasteiger charge is -2.22. The minimum Gasteiger partial charge on any atom is -0.489 e. The molecule has 0 spiro atoms. The van der Waals surface area contributed by atoms with E-state index in [4.69, 9.17) is 4.74 Å². The fraction of sp³-hybridized carbons (Fsp3) is 0.333. The Balaban J connectivity index is 1.61. The van der Waals surface area contributed by atoms with Crippen LogP contribution in [0.5, 0.6) is 5.75 Å². The van der Waals surface area contributed by atoms with Gasteiger partial charge in [-0.25, -0.2) is 9.78 Å². The Morgan fingerprint density at radius 1 is 0.830 bits per heavy atom. The van der Waals surface area contributed by atoms with E-state index in [-0.39, 0.29) is 23.1 Å². The van der Waals surface area contributed by atoms with Crippen molar-refractivity contribution in [1.82, 2.24) is 14.5 Å². The van der Waals surface area contributed by atoms with Gasteiger partial charge < -0.3 is 15.4 Å². The zero-order valence-corrected chi connectivity index (χ0v) is 28.2. The highest BCUT2D eigenvalue weighted by atomic mass is 16.5. The number of aryl methyl sites for hydroxylation is 1. The van der Waals surface area contributed by atoms with E-state index in [1.165, 1.54) is 0 Å². The summed E-state index contributed by atoms with van der Waals surface area (Å²) in [5, 5.41) is 6.90. The molecule has 0 saturated heterocycles.